The first-order chi connectivity index (χ1) is 10.4. The predicted molar refractivity (Wildman–Crippen MR) is 82.5 cm³/mol. The van der Waals surface area contributed by atoms with Crippen molar-refractivity contribution in [3.63, 3.8) is 0 Å². The number of benzene rings is 1. The van der Waals surface area contributed by atoms with Crippen LogP contribution in [0.5, 0.6) is 0 Å². The summed E-state index contributed by atoms with van der Waals surface area (Å²) >= 11 is 1.53. The summed E-state index contributed by atoms with van der Waals surface area (Å²) in [5.74, 6) is 0.807. The van der Waals surface area contributed by atoms with Crippen LogP contribution in [-0.4, -0.2) is 23.1 Å². The molecule has 1 amide bonds. The molecule has 0 bridgehead atoms. The molecule has 0 aliphatic carbocycles. The van der Waals surface area contributed by atoms with Crippen molar-refractivity contribution in [2.45, 2.75) is 44.2 Å². The molecule has 0 N–H and O–H groups in total. The highest BCUT2D eigenvalue weighted by Gasteiger charge is 2.34. The first-order valence-electron chi connectivity index (χ1n) is 7.51. The molecule has 1 aromatic carbocycles. The van der Waals surface area contributed by atoms with E-state index in [4.69, 9.17) is 0 Å². The number of rotatable bonds is 5. The Morgan fingerprint density at radius 2 is 2.14 bits per heavy atom. The van der Waals surface area contributed by atoms with Gasteiger partial charge in [0.05, 0.1) is 5.56 Å². The fourth-order valence-electron chi connectivity index (χ4n) is 2.54. The zero-order valence-corrected chi connectivity index (χ0v) is 13.3. The molecular weight excluding hydrogens is 311 g/mol. The van der Waals surface area contributed by atoms with Crippen molar-refractivity contribution in [2.75, 3.05) is 12.3 Å². The summed E-state index contributed by atoms with van der Waals surface area (Å²) in [6, 6.07) is 5.31. The Bertz CT molecular complexity index is 518. The fourth-order valence-corrected chi connectivity index (χ4v) is 3.81. The minimum Gasteiger partial charge on any atom is -0.326 e. The van der Waals surface area contributed by atoms with E-state index in [0.717, 1.165) is 37.1 Å². The monoisotopic (exact) mass is 331 g/mol. The summed E-state index contributed by atoms with van der Waals surface area (Å²) < 4.78 is 38.5. The molecule has 0 radical (unpaired) electrons. The normalized spacial score (nSPS) is 18.7. The average molecular weight is 331 g/mol. The largest absolute Gasteiger partial charge is 0.416 e. The summed E-state index contributed by atoms with van der Waals surface area (Å²) in [5.41, 5.74) is -0.1000. The van der Waals surface area contributed by atoms with E-state index in [0.29, 0.717) is 18.5 Å². The van der Waals surface area contributed by atoms with E-state index in [1.807, 2.05) is 0 Å². The topological polar surface area (TPSA) is 20.3 Å². The quantitative estimate of drug-likeness (QED) is 0.718. The van der Waals surface area contributed by atoms with E-state index in [9.17, 15) is 18.0 Å². The third-order valence-corrected chi connectivity index (χ3v) is 4.97. The number of thioether (sulfide) groups is 1. The van der Waals surface area contributed by atoms with Crippen molar-refractivity contribution < 1.29 is 18.0 Å². The first kappa shape index (κ1) is 17.2. The van der Waals surface area contributed by atoms with Crippen LogP contribution in [0.4, 0.5) is 13.2 Å². The van der Waals surface area contributed by atoms with Gasteiger partial charge in [-0.1, -0.05) is 31.9 Å². The van der Waals surface area contributed by atoms with Gasteiger partial charge in [-0.2, -0.15) is 13.2 Å². The molecule has 1 aliphatic heterocycles. The molecule has 0 saturated carbocycles. The van der Waals surface area contributed by atoms with Crippen LogP contribution in [0.15, 0.2) is 24.3 Å². The number of hydrogen-bond acceptors (Lipinski definition) is 2. The van der Waals surface area contributed by atoms with Gasteiger partial charge in [0.1, 0.15) is 5.37 Å². The van der Waals surface area contributed by atoms with Gasteiger partial charge in [0, 0.05) is 18.7 Å². The van der Waals surface area contributed by atoms with Crippen molar-refractivity contribution in [2.24, 2.45) is 0 Å². The van der Waals surface area contributed by atoms with E-state index < -0.39 is 11.7 Å². The van der Waals surface area contributed by atoms with Crippen LogP contribution in [-0.2, 0) is 11.0 Å². The average Bonchev–Trinajstić information content (AvgIpc) is 2.96. The van der Waals surface area contributed by atoms with Crippen LogP contribution in [0, 0.1) is 0 Å². The number of carbonyl (C=O) groups is 1. The van der Waals surface area contributed by atoms with E-state index >= 15 is 0 Å². The molecule has 1 atom stereocenters. The zero-order valence-electron chi connectivity index (χ0n) is 12.5. The number of nitrogens with zero attached hydrogens (tertiary/aromatic N) is 1. The Labute approximate surface area is 133 Å². The lowest BCUT2D eigenvalue weighted by molar-refractivity contribution is -0.137. The molecule has 1 aliphatic rings. The predicted octanol–water partition coefficient (Wildman–Crippen LogP) is 4.86. The molecule has 1 unspecified atom stereocenters. The van der Waals surface area contributed by atoms with Crippen molar-refractivity contribution in [1.82, 2.24) is 4.90 Å². The van der Waals surface area contributed by atoms with Gasteiger partial charge in [-0.05, 0) is 24.1 Å². The molecular formula is C16H20F3NOS. The molecule has 6 heteroatoms. The summed E-state index contributed by atoms with van der Waals surface area (Å²) in [6.07, 6.45) is -0.995. The minimum atomic E-state index is -4.35. The summed E-state index contributed by atoms with van der Waals surface area (Å²) in [4.78, 5) is 14.0. The molecule has 1 fully saturated rings. The van der Waals surface area contributed by atoms with E-state index in [1.165, 1.54) is 17.8 Å². The van der Waals surface area contributed by atoms with Gasteiger partial charge >= 0.3 is 6.18 Å². The Hall–Kier alpha value is -1.17. The van der Waals surface area contributed by atoms with Crippen LogP contribution in [0.2, 0.25) is 0 Å². The molecule has 22 heavy (non-hydrogen) atoms. The van der Waals surface area contributed by atoms with Crippen molar-refractivity contribution in [1.29, 1.82) is 0 Å². The van der Waals surface area contributed by atoms with Gasteiger partial charge in [0.2, 0.25) is 5.91 Å². The Kier molecular flexibility index (Phi) is 5.78. The highest BCUT2D eigenvalue weighted by atomic mass is 32.2. The zero-order chi connectivity index (χ0) is 16.2. The van der Waals surface area contributed by atoms with Crippen LogP contribution in [0.3, 0.4) is 0 Å². The van der Waals surface area contributed by atoms with Crippen molar-refractivity contribution >= 4 is 17.7 Å². The van der Waals surface area contributed by atoms with Crippen LogP contribution >= 0.6 is 11.8 Å². The maximum atomic E-state index is 12.8. The van der Waals surface area contributed by atoms with Crippen molar-refractivity contribution in [3.8, 4) is 0 Å². The van der Waals surface area contributed by atoms with Crippen molar-refractivity contribution in [3.05, 3.63) is 35.4 Å². The SMILES string of the molecule is CCCCCC(=O)N1CCSC1c1cccc(C(F)(F)F)c1. The number of hydrogen-bond donors (Lipinski definition) is 0. The van der Waals surface area contributed by atoms with Gasteiger partial charge < -0.3 is 4.90 Å². The second-order valence-electron chi connectivity index (χ2n) is 5.39. The Morgan fingerprint density at radius 3 is 2.82 bits per heavy atom. The number of unbranched alkanes of at least 4 members (excludes halogenated alkanes) is 2. The molecule has 0 spiro atoms. The van der Waals surface area contributed by atoms with Crippen LogP contribution < -0.4 is 0 Å². The van der Waals surface area contributed by atoms with Crippen LogP contribution in [0.25, 0.3) is 0 Å². The standard InChI is InChI=1S/C16H20F3NOS/c1-2-3-4-8-14(21)20-9-10-22-15(20)12-6-5-7-13(11-12)16(17,18)19/h5-7,11,15H,2-4,8-10H2,1H3. The van der Waals surface area contributed by atoms with Crippen LogP contribution in [0.1, 0.15) is 49.1 Å². The molecule has 2 nitrogen and oxygen atoms in total. The van der Waals surface area contributed by atoms with Gasteiger partial charge in [0.25, 0.3) is 0 Å². The first-order valence-corrected chi connectivity index (χ1v) is 8.56. The molecule has 1 saturated heterocycles. The molecule has 1 heterocycles. The lowest BCUT2D eigenvalue weighted by Gasteiger charge is -2.24. The fraction of sp³-hybridized carbons (Fsp3) is 0.562. The Morgan fingerprint density at radius 1 is 1.36 bits per heavy atom. The maximum absolute atomic E-state index is 12.8. The van der Waals surface area contributed by atoms with Gasteiger partial charge in [-0.15, -0.1) is 11.8 Å². The van der Waals surface area contributed by atoms with E-state index in [-0.39, 0.29) is 11.3 Å². The molecule has 0 aromatic heterocycles. The third-order valence-electron chi connectivity index (χ3n) is 3.70. The smallest absolute Gasteiger partial charge is 0.326 e. The number of alkyl halides is 3. The summed E-state index contributed by atoms with van der Waals surface area (Å²) in [5, 5.41) is -0.295. The lowest BCUT2D eigenvalue weighted by Crippen LogP contribution is -2.30. The molecule has 122 valence electrons. The lowest BCUT2D eigenvalue weighted by atomic mass is 10.1. The summed E-state index contributed by atoms with van der Waals surface area (Å²) in [6.45, 7) is 2.68. The Balaban J connectivity index is 2.12. The van der Waals surface area contributed by atoms with Gasteiger partial charge in [-0.3, -0.25) is 4.79 Å². The third kappa shape index (κ3) is 4.18. The maximum Gasteiger partial charge on any atom is 0.416 e. The van der Waals surface area contributed by atoms with Gasteiger partial charge in [0.15, 0.2) is 0 Å². The highest BCUT2D eigenvalue weighted by molar-refractivity contribution is 7.99. The molecule has 2 rings (SSSR count). The van der Waals surface area contributed by atoms with Gasteiger partial charge in [-0.25, -0.2) is 0 Å². The summed E-state index contributed by atoms with van der Waals surface area (Å²) in [7, 11) is 0. The second-order valence-corrected chi connectivity index (χ2v) is 6.58. The number of halogens is 3. The van der Waals surface area contributed by atoms with E-state index in [1.54, 1.807) is 11.0 Å². The highest BCUT2D eigenvalue weighted by Crippen LogP contribution is 2.40. The van der Waals surface area contributed by atoms with E-state index in [2.05, 4.69) is 6.92 Å². The minimum absolute atomic E-state index is 0.0425. The number of amides is 1. The second kappa shape index (κ2) is 7.40. The number of carbonyl (C=O) groups excluding carboxylic acids is 1. The molecule has 1 aromatic rings.